The van der Waals surface area contributed by atoms with E-state index in [9.17, 15) is 14.0 Å². The number of carbonyl (C=O) groups is 2. The number of piperazine rings is 1. The Morgan fingerprint density at radius 3 is 2.19 bits per heavy atom. The molecule has 1 unspecified atom stereocenters. The van der Waals surface area contributed by atoms with Crippen molar-refractivity contribution in [2.45, 2.75) is 36.8 Å². The van der Waals surface area contributed by atoms with Crippen molar-refractivity contribution >= 4 is 23.5 Å². The van der Waals surface area contributed by atoms with Crippen molar-refractivity contribution in [1.29, 1.82) is 0 Å². The molecule has 0 N–H and O–H groups in total. The summed E-state index contributed by atoms with van der Waals surface area (Å²) in [5.74, 6) is -0.0607. The largest absolute Gasteiger partial charge is 0.321 e. The molecule has 0 aliphatic carbocycles. The lowest BCUT2D eigenvalue weighted by molar-refractivity contribution is -0.112. The van der Waals surface area contributed by atoms with Crippen LogP contribution >= 0.6 is 11.3 Å². The number of likely N-dealkylation sites (N-methyl/N-ethyl adjacent to an activating group) is 1. The second-order valence-corrected chi connectivity index (χ2v) is 12.6. The number of nitrogens with zero attached hydrogens (tertiary/aromatic N) is 4. The van der Waals surface area contributed by atoms with Crippen LogP contribution in [0.5, 0.6) is 0 Å². The Morgan fingerprint density at radius 1 is 0.953 bits per heavy atom. The molecule has 1 atom stereocenters. The Labute approximate surface area is 256 Å². The zero-order valence-electron chi connectivity index (χ0n) is 24.4. The summed E-state index contributed by atoms with van der Waals surface area (Å²) in [6, 6.07) is 26.8. The molecule has 0 saturated carbocycles. The van der Waals surface area contributed by atoms with Crippen molar-refractivity contribution in [2.75, 3.05) is 39.8 Å². The second-order valence-electron chi connectivity index (χ2n) is 11.7. The average Bonchev–Trinajstić information content (AvgIpc) is 3.56. The van der Waals surface area contributed by atoms with Crippen LogP contribution in [0.3, 0.4) is 0 Å². The summed E-state index contributed by atoms with van der Waals surface area (Å²) in [5, 5.41) is 2.91. The van der Waals surface area contributed by atoms with Crippen LogP contribution in [0.4, 0.5) is 4.39 Å². The maximum Gasteiger partial charge on any atom is 0.274 e. The zero-order valence-corrected chi connectivity index (χ0v) is 25.3. The van der Waals surface area contributed by atoms with E-state index in [0.29, 0.717) is 25.2 Å². The molecule has 0 spiro atoms. The van der Waals surface area contributed by atoms with Crippen LogP contribution < -0.4 is 0 Å². The first-order valence-corrected chi connectivity index (χ1v) is 15.9. The molecule has 2 aliphatic rings. The average molecular weight is 597 g/mol. The van der Waals surface area contributed by atoms with Crippen LogP contribution in [0.15, 0.2) is 90.3 Å². The number of hydrogen-bond acceptors (Lipinski definition) is 6. The van der Waals surface area contributed by atoms with Crippen LogP contribution in [0, 0.1) is 5.82 Å². The first-order valence-electron chi connectivity index (χ1n) is 15.0. The molecule has 2 aliphatic heterocycles. The molecule has 43 heavy (non-hydrogen) atoms. The summed E-state index contributed by atoms with van der Waals surface area (Å²) in [4.78, 5) is 37.8. The highest BCUT2D eigenvalue weighted by Gasteiger charge is 2.47. The number of carbonyl (C=O) groups excluding carboxylic acids is 2. The van der Waals surface area contributed by atoms with Gasteiger partial charge >= 0.3 is 0 Å². The first kappa shape index (κ1) is 29.4. The fourth-order valence-electron chi connectivity index (χ4n) is 6.70. The molecule has 6 rings (SSSR count). The first-order chi connectivity index (χ1) is 21.0. The maximum absolute atomic E-state index is 14.3. The third kappa shape index (κ3) is 6.05. The summed E-state index contributed by atoms with van der Waals surface area (Å²) in [6.07, 6.45) is 3.33. The van der Waals surface area contributed by atoms with Gasteiger partial charge in [0.1, 0.15) is 23.3 Å². The highest BCUT2D eigenvalue weighted by molar-refractivity contribution is 7.09. The minimum atomic E-state index is -0.629. The van der Waals surface area contributed by atoms with E-state index in [1.165, 1.54) is 12.1 Å². The lowest BCUT2D eigenvalue weighted by Crippen LogP contribution is -2.61. The minimum absolute atomic E-state index is 0.0407. The van der Waals surface area contributed by atoms with E-state index in [0.717, 1.165) is 60.5 Å². The minimum Gasteiger partial charge on any atom is -0.321 e. The number of piperidine rings is 1. The third-order valence-electron chi connectivity index (χ3n) is 9.02. The Kier molecular flexibility index (Phi) is 8.79. The summed E-state index contributed by atoms with van der Waals surface area (Å²) in [5.41, 5.74) is 3.01. The van der Waals surface area contributed by atoms with E-state index < -0.39 is 5.54 Å². The Balaban J connectivity index is 1.19. The van der Waals surface area contributed by atoms with Crippen LogP contribution in [0.2, 0.25) is 0 Å². The summed E-state index contributed by atoms with van der Waals surface area (Å²) in [6.45, 7) is 3.64. The maximum atomic E-state index is 14.3. The number of amides is 1. The molecule has 222 valence electrons. The Morgan fingerprint density at radius 2 is 1.58 bits per heavy atom. The van der Waals surface area contributed by atoms with Gasteiger partial charge in [-0.3, -0.25) is 9.69 Å². The molecular formula is C35H37FN4O2S. The molecule has 8 heteroatoms. The summed E-state index contributed by atoms with van der Waals surface area (Å²) in [7, 11) is 2.12. The van der Waals surface area contributed by atoms with E-state index in [-0.39, 0.29) is 23.7 Å². The van der Waals surface area contributed by atoms with Crippen molar-refractivity contribution in [1.82, 2.24) is 19.7 Å². The van der Waals surface area contributed by atoms with Gasteiger partial charge in [-0.05, 0) is 68.2 Å². The number of likely N-dealkylation sites (tertiary alicyclic amines) is 1. The predicted molar refractivity (Wildman–Crippen MR) is 168 cm³/mol. The molecular weight excluding hydrogens is 559 g/mol. The van der Waals surface area contributed by atoms with E-state index in [2.05, 4.69) is 41.1 Å². The van der Waals surface area contributed by atoms with Crippen molar-refractivity contribution in [3.05, 3.63) is 124 Å². The zero-order chi connectivity index (χ0) is 29.8. The standard InChI is InChI=1S/C35H37FN4O2S/c1-38-20-21-40(35(25-38,28-8-4-2-5-9-28)29-10-6-3-7-11-29)34(42)32-24-43-33(37-32)27-16-18-39(19-17-27)31(23-41)22-26-12-14-30(36)15-13-26/h2-15,23-24,27,31H,16-22,25H2,1H3. The molecule has 3 heterocycles. The van der Waals surface area contributed by atoms with E-state index in [4.69, 9.17) is 4.98 Å². The van der Waals surface area contributed by atoms with E-state index in [1.807, 2.05) is 46.7 Å². The molecule has 4 aromatic rings. The highest BCUT2D eigenvalue weighted by atomic mass is 32.1. The number of thiazole rings is 1. The number of aromatic nitrogens is 1. The van der Waals surface area contributed by atoms with Crippen LogP contribution in [0.1, 0.15) is 50.9 Å². The predicted octanol–water partition coefficient (Wildman–Crippen LogP) is 5.60. The molecule has 2 fully saturated rings. The number of halogens is 1. The quantitative estimate of drug-likeness (QED) is 0.248. The number of hydrogen-bond donors (Lipinski definition) is 0. The number of benzene rings is 3. The third-order valence-corrected chi connectivity index (χ3v) is 10.0. The molecule has 0 bridgehead atoms. The molecule has 3 aromatic carbocycles. The molecule has 0 radical (unpaired) electrons. The molecule has 1 amide bonds. The van der Waals surface area contributed by atoms with Gasteiger partial charge in [-0.1, -0.05) is 72.8 Å². The fraction of sp³-hybridized carbons (Fsp3) is 0.343. The Bertz CT molecular complexity index is 1480. The number of aldehydes is 1. The molecule has 2 saturated heterocycles. The lowest BCUT2D eigenvalue weighted by Gasteiger charge is -2.50. The van der Waals surface area contributed by atoms with Gasteiger partial charge < -0.3 is 14.6 Å². The van der Waals surface area contributed by atoms with Gasteiger partial charge in [0.2, 0.25) is 0 Å². The topological polar surface area (TPSA) is 56.8 Å². The SMILES string of the molecule is CN1CCN(C(=O)c2csc(C3CCN(C(C=O)Cc4ccc(F)cc4)CC3)n2)C(c2ccccc2)(c2ccccc2)C1. The smallest absolute Gasteiger partial charge is 0.274 e. The summed E-state index contributed by atoms with van der Waals surface area (Å²) >= 11 is 1.57. The van der Waals surface area contributed by atoms with Gasteiger partial charge in [-0.15, -0.1) is 11.3 Å². The van der Waals surface area contributed by atoms with Crippen molar-refractivity contribution in [3.8, 4) is 0 Å². The van der Waals surface area contributed by atoms with Gasteiger partial charge in [-0.25, -0.2) is 9.37 Å². The van der Waals surface area contributed by atoms with E-state index in [1.54, 1.807) is 23.5 Å². The van der Waals surface area contributed by atoms with Gasteiger partial charge in [0.15, 0.2) is 0 Å². The molecule has 1 aromatic heterocycles. The van der Waals surface area contributed by atoms with E-state index >= 15 is 0 Å². The monoisotopic (exact) mass is 596 g/mol. The van der Waals surface area contributed by atoms with Crippen LogP contribution in [-0.2, 0) is 16.8 Å². The highest BCUT2D eigenvalue weighted by Crippen LogP contribution is 2.40. The fourth-order valence-corrected chi connectivity index (χ4v) is 7.66. The van der Waals surface area contributed by atoms with Crippen molar-refractivity contribution in [2.24, 2.45) is 0 Å². The van der Waals surface area contributed by atoms with Gasteiger partial charge in [0, 0.05) is 30.9 Å². The van der Waals surface area contributed by atoms with Gasteiger partial charge in [0.05, 0.1) is 11.0 Å². The Hall–Kier alpha value is -3.72. The molecule has 6 nitrogen and oxygen atoms in total. The van der Waals surface area contributed by atoms with Crippen LogP contribution in [-0.4, -0.2) is 77.7 Å². The van der Waals surface area contributed by atoms with Gasteiger partial charge in [0.25, 0.3) is 5.91 Å². The van der Waals surface area contributed by atoms with Crippen molar-refractivity contribution in [3.63, 3.8) is 0 Å². The van der Waals surface area contributed by atoms with Crippen molar-refractivity contribution < 1.29 is 14.0 Å². The summed E-state index contributed by atoms with van der Waals surface area (Å²) < 4.78 is 13.3. The van der Waals surface area contributed by atoms with Gasteiger partial charge in [-0.2, -0.15) is 0 Å². The second kappa shape index (κ2) is 12.9. The lowest BCUT2D eigenvalue weighted by atomic mass is 9.79. The normalized spacial score (nSPS) is 18.8. The van der Waals surface area contributed by atoms with Crippen LogP contribution in [0.25, 0.3) is 0 Å². The number of rotatable bonds is 8.